The van der Waals surface area contributed by atoms with Crippen molar-refractivity contribution in [2.45, 2.75) is 13.3 Å². The van der Waals surface area contributed by atoms with Gasteiger partial charge in [-0.05, 0) is 28.7 Å². The highest BCUT2D eigenvalue weighted by Gasteiger charge is 1.97. The lowest BCUT2D eigenvalue weighted by molar-refractivity contribution is 0.749. The summed E-state index contributed by atoms with van der Waals surface area (Å²) in [5, 5.41) is 2.61. The maximum atomic E-state index is 3.77. The Morgan fingerprint density at radius 3 is 2.71 bits per heavy atom. The Balaban J connectivity index is 2.32. The fourth-order valence-corrected chi connectivity index (χ4v) is 2.01. The van der Waals surface area contributed by atoms with E-state index in [1.165, 1.54) is 16.3 Å². The van der Waals surface area contributed by atoms with Gasteiger partial charge in [-0.15, -0.1) is 6.58 Å². The third kappa shape index (κ3) is 2.85. The molecule has 2 aromatic carbocycles. The second kappa shape index (κ2) is 5.49. The molecule has 0 fully saturated rings. The third-order valence-corrected chi connectivity index (χ3v) is 2.97. The van der Waals surface area contributed by atoms with Gasteiger partial charge < -0.3 is 0 Å². The molecule has 0 amide bonds. The van der Waals surface area contributed by atoms with E-state index < -0.39 is 0 Å². The Bertz CT molecular complexity index is 529. The molecule has 0 bridgehead atoms. The summed E-state index contributed by atoms with van der Waals surface area (Å²) in [5.74, 6) is 0.548. The molecular formula is C17H18. The monoisotopic (exact) mass is 222 g/mol. The van der Waals surface area contributed by atoms with Crippen LogP contribution in [0.5, 0.6) is 0 Å². The van der Waals surface area contributed by atoms with Gasteiger partial charge in [0.15, 0.2) is 0 Å². The van der Waals surface area contributed by atoms with Gasteiger partial charge in [-0.3, -0.25) is 0 Å². The molecule has 0 radical (unpaired) electrons. The molecule has 2 rings (SSSR count). The van der Waals surface area contributed by atoms with Gasteiger partial charge in [-0.2, -0.15) is 0 Å². The van der Waals surface area contributed by atoms with Crippen LogP contribution in [0.25, 0.3) is 16.8 Å². The van der Waals surface area contributed by atoms with Crippen molar-refractivity contribution in [3.8, 4) is 0 Å². The first-order valence-electron chi connectivity index (χ1n) is 6.08. The van der Waals surface area contributed by atoms with E-state index in [0.717, 1.165) is 6.42 Å². The van der Waals surface area contributed by atoms with Crippen LogP contribution >= 0.6 is 0 Å². The lowest BCUT2D eigenvalue weighted by Crippen LogP contribution is -1.85. The van der Waals surface area contributed by atoms with Gasteiger partial charge >= 0.3 is 0 Å². The van der Waals surface area contributed by atoms with E-state index >= 15 is 0 Å². The quantitative estimate of drug-likeness (QED) is 0.634. The molecule has 0 heterocycles. The van der Waals surface area contributed by atoms with Gasteiger partial charge in [-0.1, -0.05) is 67.6 Å². The minimum atomic E-state index is 0.548. The topological polar surface area (TPSA) is 0 Å². The Labute approximate surface area is 103 Å². The molecule has 0 aliphatic carbocycles. The van der Waals surface area contributed by atoms with Crippen LogP contribution in [0.1, 0.15) is 18.9 Å². The molecule has 0 aliphatic rings. The average Bonchev–Trinajstić information content (AvgIpc) is 2.36. The van der Waals surface area contributed by atoms with Crippen LogP contribution in [0, 0.1) is 5.92 Å². The summed E-state index contributed by atoms with van der Waals surface area (Å²) in [6, 6.07) is 14.9. The normalized spacial score (nSPS) is 13.0. The zero-order valence-electron chi connectivity index (χ0n) is 10.3. The molecule has 0 saturated carbocycles. The summed E-state index contributed by atoms with van der Waals surface area (Å²) in [6.07, 6.45) is 7.47. The zero-order chi connectivity index (χ0) is 12.1. The molecule has 86 valence electrons. The number of allylic oxidation sites excluding steroid dienone is 2. The molecular weight excluding hydrogens is 204 g/mol. The second-order valence-corrected chi connectivity index (χ2v) is 4.43. The van der Waals surface area contributed by atoms with Crippen LogP contribution in [-0.4, -0.2) is 0 Å². The van der Waals surface area contributed by atoms with Crippen LogP contribution in [0.3, 0.4) is 0 Å². The van der Waals surface area contributed by atoms with E-state index in [0.29, 0.717) is 5.92 Å². The fraction of sp³-hybridized carbons (Fsp3) is 0.176. The summed E-state index contributed by atoms with van der Waals surface area (Å²) < 4.78 is 0. The molecule has 0 aliphatic heterocycles. The van der Waals surface area contributed by atoms with E-state index in [1.807, 2.05) is 6.08 Å². The molecule has 17 heavy (non-hydrogen) atoms. The molecule has 0 aromatic heterocycles. The van der Waals surface area contributed by atoms with Crippen molar-refractivity contribution < 1.29 is 0 Å². The van der Waals surface area contributed by atoms with Crippen molar-refractivity contribution in [3.05, 3.63) is 66.8 Å². The number of hydrogen-bond donors (Lipinski definition) is 0. The standard InChI is InChI=1S/C17H18/c1-3-7-14(2)12-13-16-10-6-9-15-8-4-5-11-17(15)16/h3-6,8-14H,1,7H2,2H3/b13-12+/t14-/m1/s1. The molecule has 0 N–H and O–H groups in total. The molecule has 2 aromatic rings. The smallest absolute Gasteiger partial charge is 0.0112 e. The highest BCUT2D eigenvalue weighted by molar-refractivity contribution is 5.90. The zero-order valence-corrected chi connectivity index (χ0v) is 10.3. The number of fused-ring (bicyclic) bond motifs is 1. The predicted octanol–water partition coefficient (Wildman–Crippen LogP) is 5.07. The van der Waals surface area contributed by atoms with Crippen molar-refractivity contribution in [3.63, 3.8) is 0 Å². The number of benzene rings is 2. The number of hydrogen-bond acceptors (Lipinski definition) is 0. The summed E-state index contributed by atoms with van der Waals surface area (Å²) in [4.78, 5) is 0. The molecule has 0 nitrogen and oxygen atoms in total. The fourth-order valence-electron chi connectivity index (χ4n) is 2.01. The Morgan fingerprint density at radius 2 is 1.88 bits per heavy atom. The Hall–Kier alpha value is -1.82. The van der Waals surface area contributed by atoms with Crippen LogP contribution < -0.4 is 0 Å². The van der Waals surface area contributed by atoms with E-state index in [-0.39, 0.29) is 0 Å². The first-order chi connectivity index (χ1) is 8.31. The average molecular weight is 222 g/mol. The van der Waals surface area contributed by atoms with Gasteiger partial charge in [-0.25, -0.2) is 0 Å². The largest absolute Gasteiger partial charge is 0.103 e. The highest BCUT2D eigenvalue weighted by atomic mass is 14.0. The summed E-state index contributed by atoms with van der Waals surface area (Å²) in [7, 11) is 0. The molecule has 0 heteroatoms. The minimum absolute atomic E-state index is 0.548. The summed E-state index contributed by atoms with van der Waals surface area (Å²) in [6.45, 7) is 5.98. The molecule has 0 saturated heterocycles. The summed E-state index contributed by atoms with van der Waals surface area (Å²) >= 11 is 0. The first kappa shape index (κ1) is 11.7. The summed E-state index contributed by atoms with van der Waals surface area (Å²) in [5.41, 5.74) is 1.29. The van der Waals surface area contributed by atoms with Crippen LogP contribution in [0.15, 0.2) is 61.2 Å². The van der Waals surface area contributed by atoms with E-state index in [1.54, 1.807) is 0 Å². The second-order valence-electron chi connectivity index (χ2n) is 4.43. The first-order valence-corrected chi connectivity index (χ1v) is 6.08. The maximum Gasteiger partial charge on any atom is -0.0112 e. The van der Waals surface area contributed by atoms with E-state index in [4.69, 9.17) is 0 Å². The van der Waals surface area contributed by atoms with Crippen molar-refractivity contribution in [1.29, 1.82) is 0 Å². The predicted molar refractivity (Wildman–Crippen MR) is 77.0 cm³/mol. The van der Waals surface area contributed by atoms with E-state index in [2.05, 4.69) is 68.1 Å². The van der Waals surface area contributed by atoms with Gasteiger partial charge in [0.1, 0.15) is 0 Å². The number of rotatable bonds is 4. The van der Waals surface area contributed by atoms with Crippen molar-refractivity contribution >= 4 is 16.8 Å². The van der Waals surface area contributed by atoms with Crippen LogP contribution in [-0.2, 0) is 0 Å². The highest BCUT2D eigenvalue weighted by Crippen LogP contribution is 2.20. The van der Waals surface area contributed by atoms with Crippen LogP contribution in [0.2, 0.25) is 0 Å². The lowest BCUT2D eigenvalue weighted by atomic mass is 10.0. The molecule has 0 spiro atoms. The van der Waals surface area contributed by atoms with Crippen molar-refractivity contribution in [2.75, 3.05) is 0 Å². The Morgan fingerprint density at radius 1 is 1.12 bits per heavy atom. The van der Waals surface area contributed by atoms with Crippen molar-refractivity contribution in [2.24, 2.45) is 5.92 Å². The Kier molecular flexibility index (Phi) is 3.77. The third-order valence-electron chi connectivity index (χ3n) is 2.97. The van der Waals surface area contributed by atoms with Crippen molar-refractivity contribution in [1.82, 2.24) is 0 Å². The molecule has 0 unspecified atom stereocenters. The van der Waals surface area contributed by atoms with Gasteiger partial charge in [0.25, 0.3) is 0 Å². The van der Waals surface area contributed by atoms with Gasteiger partial charge in [0.05, 0.1) is 0 Å². The van der Waals surface area contributed by atoms with Crippen LogP contribution in [0.4, 0.5) is 0 Å². The molecule has 1 atom stereocenters. The van der Waals surface area contributed by atoms with Gasteiger partial charge in [0, 0.05) is 0 Å². The SMILES string of the molecule is C=CC[C@@H](C)/C=C/c1cccc2ccccc12. The minimum Gasteiger partial charge on any atom is -0.103 e. The van der Waals surface area contributed by atoms with Gasteiger partial charge in [0.2, 0.25) is 0 Å². The van der Waals surface area contributed by atoms with E-state index in [9.17, 15) is 0 Å². The lowest BCUT2D eigenvalue weighted by Gasteiger charge is -2.04. The maximum absolute atomic E-state index is 3.77.